The predicted molar refractivity (Wildman–Crippen MR) is 111 cm³/mol. The third-order valence-electron chi connectivity index (χ3n) is 5.04. The lowest BCUT2D eigenvalue weighted by Crippen LogP contribution is -2.62. The standard InChI is InChI=1S/C23H24F3NO6/c1-21(2,3)17(18(28)29)22(19(30)31,15-10-7-11-16(12-15)23(24,25)26)27-20(32)33-13-14-8-5-4-6-9-14/h4-12,17H,13H2,1-3H3,(H,27,32)(H,28,29)(H,30,31)/t17-,22-/m1/s1. The molecule has 7 nitrogen and oxygen atoms in total. The van der Waals surface area contributed by atoms with E-state index in [-0.39, 0.29) is 6.61 Å². The molecule has 0 fully saturated rings. The normalized spacial score (nSPS) is 14.6. The van der Waals surface area contributed by atoms with Crippen molar-refractivity contribution in [3.8, 4) is 0 Å². The van der Waals surface area contributed by atoms with Crippen LogP contribution in [-0.2, 0) is 32.6 Å². The van der Waals surface area contributed by atoms with Crippen LogP contribution >= 0.6 is 0 Å². The van der Waals surface area contributed by atoms with Crippen molar-refractivity contribution in [1.82, 2.24) is 5.32 Å². The van der Waals surface area contributed by atoms with Crippen molar-refractivity contribution in [2.24, 2.45) is 11.3 Å². The van der Waals surface area contributed by atoms with E-state index >= 15 is 0 Å². The van der Waals surface area contributed by atoms with Crippen molar-refractivity contribution in [2.45, 2.75) is 39.1 Å². The molecule has 0 radical (unpaired) electrons. The SMILES string of the molecule is CC(C)(C)[C@@H](C(=O)O)[C@@](NC(=O)OCc1ccccc1)(C(=O)O)c1cccc(C(F)(F)F)c1. The summed E-state index contributed by atoms with van der Waals surface area (Å²) in [5.74, 6) is -5.33. The smallest absolute Gasteiger partial charge is 0.416 e. The average Bonchev–Trinajstić information content (AvgIpc) is 2.70. The van der Waals surface area contributed by atoms with Crippen LogP contribution < -0.4 is 5.32 Å². The minimum Gasteiger partial charge on any atom is -0.481 e. The number of carbonyl (C=O) groups excluding carboxylic acids is 1. The van der Waals surface area contributed by atoms with E-state index in [0.717, 1.165) is 18.2 Å². The topological polar surface area (TPSA) is 113 Å². The van der Waals surface area contributed by atoms with Crippen LogP contribution in [0, 0.1) is 11.3 Å². The third kappa shape index (κ3) is 5.82. The highest BCUT2D eigenvalue weighted by atomic mass is 19.4. The second-order valence-electron chi connectivity index (χ2n) is 8.52. The number of alkyl halides is 3. The molecule has 0 aliphatic heterocycles. The van der Waals surface area contributed by atoms with E-state index in [1.165, 1.54) is 20.8 Å². The van der Waals surface area contributed by atoms with Crippen LogP contribution in [0.2, 0.25) is 0 Å². The first kappa shape index (κ1) is 25.7. The molecule has 0 bridgehead atoms. The average molecular weight is 467 g/mol. The van der Waals surface area contributed by atoms with Crippen LogP contribution in [0.15, 0.2) is 54.6 Å². The summed E-state index contributed by atoms with van der Waals surface area (Å²) in [6, 6.07) is 11.6. The van der Waals surface area contributed by atoms with Gasteiger partial charge >= 0.3 is 24.2 Å². The molecular formula is C23H24F3NO6. The molecule has 0 heterocycles. The molecule has 0 unspecified atom stereocenters. The number of ether oxygens (including phenoxy) is 1. The zero-order valence-electron chi connectivity index (χ0n) is 18.1. The molecule has 0 aliphatic carbocycles. The predicted octanol–water partition coefficient (Wildman–Crippen LogP) is 4.66. The quantitative estimate of drug-likeness (QED) is 0.546. The fourth-order valence-electron chi connectivity index (χ4n) is 3.68. The monoisotopic (exact) mass is 467 g/mol. The molecule has 0 saturated heterocycles. The summed E-state index contributed by atoms with van der Waals surface area (Å²) < 4.78 is 45.1. The molecule has 0 aliphatic rings. The highest BCUT2D eigenvalue weighted by molar-refractivity contribution is 5.92. The number of carbonyl (C=O) groups is 3. The lowest BCUT2D eigenvalue weighted by atomic mass is 9.65. The van der Waals surface area contributed by atoms with Crippen molar-refractivity contribution in [2.75, 3.05) is 0 Å². The van der Waals surface area contributed by atoms with Gasteiger partial charge in [0, 0.05) is 0 Å². The summed E-state index contributed by atoms with van der Waals surface area (Å²) in [7, 11) is 0. The molecule has 2 atom stereocenters. The third-order valence-corrected chi connectivity index (χ3v) is 5.04. The second kappa shape index (κ2) is 9.51. The lowest BCUT2D eigenvalue weighted by Gasteiger charge is -2.42. The fourth-order valence-corrected chi connectivity index (χ4v) is 3.68. The van der Waals surface area contributed by atoms with E-state index < -0.39 is 52.2 Å². The van der Waals surface area contributed by atoms with Gasteiger partial charge in [0.25, 0.3) is 0 Å². The molecule has 2 aromatic carbocycles. The Morgan fingerprint density at radius 3 is 2.00 bits per heavy atom. The number of aliphatic carboxylic acids is 2. The van der Waals surface area contributed by atoms with Gasteiger partial charge in [0.2, 0.25) is 0 Å². The van der Waals surface area contributed by atoms with Crippen molar-refractivity contribution in [3.63, 3.8) is 0 Å². The van der Waals surface area contributed by atoms with E-state index in [1.807, 2.05) is 0 Å². The zero-order chi connectivity index (χ0) is 25.0. The summed E-state index contributed by atoms with van der Waals surface area (Å²) in [5, 5.41) is 22.2. The van der Waals surface area contributed by atoms with E-state index in [4.69, 9.17) is 4.74 Å². The van der Waals surface area contributed by atoms with Crippen molar-refractivity contribution < 1.29 is 42.5 Å². The number of hydrogen-bond acceptors (Lipinski definition) is 4. The summed E-state index contributed by atoms with van der Waals surface area (Å²) in [6.07, 6.45) is -6.12. The Bertz CT molecular complexity index is 1020. The van der Waals surface area contributed by atoms with Gasteiger partial charge in [0.05, 0.1) is 11.5 Å². The number of carboxylic acids is 2. The number of benzene rings is 2. The number of rotatable bonds is 7. The van der Waals surface area contributed by atoms with Gasteiger partial charge in [0.1, 0.15) is 6.61 Å². The minimum absolute atomic E-state index is 0.266. The Hall–Kier alpha value is -3.56. The molecule has 2 rings (SSSR count). The molecule has 0 spiro atoms. The van der Waals surface area contributed by atoms with Crippen LogP contribution in [0.25, 0.3) is 0 Å². The number of amides is 1. The molecule has 10 heteroatoms. The fraction of sp³-hybridized carbons (Fsp3) is 0.348. The van der Waals surface area contributed by atoms with Gasteiger partial charge in [-0.25, -0.2) is 9.59 Å². The summed E-state index contributed by atoms with van der Waals surface area (Å²) in [4.78, 5) is 37.4. The van der Waals surface area contributed by atoms with Gasteiger partial charge in [0.15, 0.2) is 5.54 Å². The van der Waals surface area contributed by atoms with Gasteiger partial charge in [-0.1, -0.05) is 63.2 Å². The Kier molecular flexibility index (Phi) is 7.41. The van der Waals surface area contributed by atoms with Crippen LogP contribution in [-0.4, -0.2) is 28.2 Å². The number of hydrogen-bond donors (Lipinski definition) is 3. The molecule has 3 N–H and O–H groups in total. The first-order valence-electron chi connectivity index (χ1n) is 9.82. The maximum Gasteiger partial charge on any atom is 0.416 e. The Morgan fingerprint density at radius 1 is 0.939 bits per heavy atom. The first-order chi connectivity index (χ1) is 15.2. The largest absolute Gasteiger partial charge is 0.481 e. The molecule has 2 aromatic rings. The lowest BCUT2D eigenvalue weighted by molar-refractivity contribution is -0.163. The zero-order valence-corrected chi connectivity index (χ0v) is 18.1. The van der Waals surface area contributed by atoms with Crippen LogP contribution in [0.5, 0.6) is 0 Å². The number of halogens is 3. The summed E-state index contributed by atoms with van der Waals surface area (Å²) in [5.41, 5.74) is -5.24. The van der Waals surface area contributed by atoms with Gasteiger partial charge in [-0.2, -0.15) is 13.2 Å². The van der Waals surface area contributed by atoms with Crippen molar-refractivity contribution in [1.29, 1.82) is 0 Å². The molecule has 178 valence electrons. The Balaban J connectivity index is 2.62. The van der Waals surface area contributed by atoms with E-state index in [9.17, 15) is 37.8 Å². The van der Waals surface area contributed by atoms with Crippen LogP contribution in [0.1, 0.15) is 37.5 Å². The van der Waals surface area contributed by atoms with E-state index in [2.05, 4.69) is 5.32 Å². The highest BCUT2D eigenvalue weighted by Gasteiger charge is 2.57. The maximum atomic E-state index is 13.3. The highest BCUT2D eigenvalue weighted by Crippen LogP contribution is 2.43. The van der Waals surface area contributed by atoms with Gasteiger partial charge in [-0.05, 0) is 28.7 Å². The molecule has 0 aromatic heterocycles. The van der Waals surface area contributed by atoms with Crippen molar-refractivity contribution >= 4 is 18.0 Å². The van der Waals surface area contributed by atoms with E-state index in [0.29, 0.717) is 11.6 Å². The number of alkyl carbamates (subject to hydrolysis) is 1. The first-order valence-corrected chi connectivity index (χ1v) is 9.82. The Labute approximate surface area is 188 Å². The molecular weight excluding hydrogens is 443 g/mol. The molecule has 33 heavy (non-hydrogen) atoms. The van der Waals surface area contributed by atoms with Gasteiger partial charge < -0.3 is 20.3 Å². The number of nitrogens with one attached hydrogen (secondary N) is 1. The van der Waals surface area contributed by atoms with Gasteiger partial charge in [-0.3, -0.25) is 4.79 Å². The maximum absolute atomic E-state index is 13.3. The Morgan fingerprint density at radius 2 is 1.52 bits per heavy atom. The minimum atomic E-state index is -4.82. The summed E-state index contributed by atoms with van der Waals surface area (Å²) in [6.45, 7) is 3.97. The molecule has 0 saturated carbocycles. The number of carboxylic acid groups (broad SMARTS) is 2. The molecule has 1 amide bonds. The van der Waals surface area contributed by atoms with Gasteiger partial charge in [-0.15, -0.1) is 0 Å². The van der Waals surface area contributed by atoms with Crippen LogP contribution in [0.3, 0.4) is 0 Å². The van der Waals surface area contributed by atoms with E-state index in [1.54, 1.807) is 30.3 Å². The van der Waals surface area contributed by atoms with Crippen molar-refractivity contribution in [3.05, 3.63) is 71.3 Å². The second-order valence-corrected chi connectivity index (χ2v) is 8.52. The summed E-state index contributed by atoms with van der Waals surface area (Å²) >= 11 is 0. The van der Waals surface area contributed by atoms with Crippen LogP contribution in [0.4, 0.5) is 18.0 Å².